The smallest absolute Gasteiger partial charge is 0.215 e. The number of rotatable bonds is 5. The van der Waals surface area contributed by atoms with E-state index in [0.29, 0.717) is 12.3 Å². The van der Waals surface area contributed by atoms with E-state index in [2.05, 4.69) is 5.10 Å². The summed E-state index contributed by atoms with van der Waals surface area (Å²) in [6, 6.07) is 0. The maximum atomic E-state index is 12.3. The van der Waals surface area contributed by atoms with Gasteiger partial charge in [-0.05, 0) is 13.3 Å². The zero-order valence-electron chi connectivity index (χ0n) is 13.5. The third-order valence-electron chi connectivity index (χ3n) is 4.17. The van der Waals surface area contributed by atoms with Gasteiger partial charge in [0.2, 0.25) is 5.88 Å². The highest BCUT2D eigenvalue weighted by molar-refractivity contribution is 6.21. The van der Waals surface area contributed by atoms with Crippen molar-refractivity contribution in [2.45, 2.75) is 45.4 Å². The van der Waals surface area contributed by atoms with Crippen LogP contribution in [0.25, 0.3) is 0 Å². The summed E-state index contributed by atoms with van der Waals surface area (Å²) in [6.07, 6.45) is 1.31. The lowest BCUT2D eigenvalue weighted by Crippen LogP contribution is -2.38. The van der Waals surface area contributed by atoms with Crippen molar-refractivity contribution >= 4 is 17.3 Å². The van der Waals surface area contributed by atoms with Gasteiger partial charge in [0, 0.05) is 37.8 Å². The summed E-state index contributed by atoms with van der Waals surface area (Å²) in [5, 5.41) is 4.29. The maximum Gasteiger partial charge on any atom is 0.215 e. The number of Topliss-reactive ketones (excluding diaryl/α,β-unsaturated/α-hetero) is 3. The first-order valence-corrected chi connectivity index (χ1v) is 7.56. The fourth-order valence-corrected chi connectivity index (χ4v) is 3.29. The third-order valence-corrected chi connectivity index (χ3v) is 4.17. The van der Waals surface area contributed by atoms with Gasteiger partial charge in [0.15, 0.2) is 17.3 Å². The van der Waals surface area contributed by atoms with Gasteiger partial charge >= 0.3 is 0 Å². The lowest BCUT2D eigenvalue weighted by atomic mass is 9.74. The first kappa shape index (κ1) is 16.4. The summed E-state index contributed by atoms with van der Waals surface area (Å²) >= 11 is 0. The third kappa shape index (κ3) is 2.82. The van der Waals surface area contributed by atoms with E-state index >= 15 is 0 Å². The molecule has 1 aliphatic rings. The Morgan fingerprint density at radius 1 is 1.32 bits per heavy atom. The number of carbonyl (C=O) groups is 3. The molecule has 120 valence electrons. The predicted molar refractivity (Wildman–Crippen MR) is 79.9 cm³/mol. The average molecular weight is 306 g/mol. The minimum atomic E-state index is -1.06. The van der Waals surface area contributed by atoms with Crippen LogP contribution < -0.4 is 4.74 Å². The average Bonchev–Trinajstić information content (AvgIpc) is 2.72. The van der Waals surface area contributed by atoms with Gasteiger partial charge in [-0.15, -0.1) is 0 Å². The summed E-state index contributed by atoms with van der Waals surface area (Å²) in [5.41, 5.74) is 1.55. The van der Waals surface area contributed by atoms with Crippen LogP contribution in [0.15, 0.2) is 0 Å². The maximum absolute atomic E-state index is 12.3. The lowest BCUT2D eigenvalue weighted by Gasteiger charge is -2.26. The quantitative estimate of drug-likeness (QED) is 0.774. The van der Waals surface area contributed by atoms with Gasteiger partial charge in [0.05, 0.1) is 12.8 Å². The fraction of sp³-hybridized carbons (Fsp3) is 0.625. The molecule has 0 amide bonds. The topological polar surface area (TPSA) is 78.3 Å². The van der Waals surface area contributed by atoms with Crippen molar-refractivity contribution in [2.24, 2.45) is 13.0 Å². The molecular weight excluding hydrogens is 284 g/mol. The number of ether oxygens (including phenoxy) is 1. The standard InChI is InChI=1S/C16H22N2O4/c1-5-6-11(19)15-12(20)7-10(8-13(15)21)14-9(2)17-18(3)16(14)22-4/h10,15H,5-8H2,1-4H3. The van der Waals surface area contributed by atoms with Crippen molar-refractivity contribution in [2.75, 3.05) is 7.11 Å². The van der Waals surface area contributed by atoms with Crippen molar-refractivity contribution in [1.82, 2.24) is 9.78 Å². The first-order chi connectivity index (χ1) is 10.4. The Balaban J connectivity index is 2.27. The minimum Gasteiger partial charge on any atom is -0.481 e. The van der Waals surface area contributed by atoms with Crippen LogP contribution in [0.3, 0.4) is 0 Å². The molecule has 0 radical (unpaired) electrons. The molecule has 1 heterocycles. The second kappa shape index (κ2) is 6.42. The van der Waals surface area contributed by atoms with E-state index in [0.717, 1.165) is 11.3 Å². The molecule has 1 aromatic heterocycles. The fourth-order valence-electron chi connectivity index (χ4n) is 3.29. The van der Waals surface area contributed by atoms with E-state index in [1.807, 2.05) is 13.8 Å². The summed E-state index contributed by atoms with van der Waals surface area (Å²) in [7, 11) is 3.30. The Morgan fingerprint density at radius 2 is 1.91 bits per heavy atom. The highest BCUT2D eigenvalue weighted by atomic mass is 16.5. The Hall–Kier alpha value is -1.98. The summed E-state index contributed by atoms with van der Waals surface area (Å²) in [6.45, 7) is 3.70. The van der Waals surface area contributed by atoms with E-state index in [9.17, 15) is 14.4 Å². The Kier molecular flexibility index (Phi) is 4.78. The number of aromatic nitrogens is 2. The highest BCUT2D eigenvalue weighted by Gasteiger charge is 2.41. The molecule has 1 fully saturated rings. The van der Waals surface area contributed by atoms with Crippen LogP contribution >= 0.6 is 0 Å². The van der Waals surface area contributed by atoms with Gasteiger partial charge in [0.25, 0.3) is 0 Å². The molecule has 0 N–H and O–H groups in total. The number of aryl methyl sites for hydroxylation is 2. The summed E-state index contributed by atoms with van der Waals surface area (Å²) in [4.78, 5) is 36.6. The van der Waals surface area contributed by atoms with Crippen LogP contribution in [0, 0.1) is 12.8 Å². The molecule has 0 aliphatic heterocycles. The second-order valence-corrected chi connectivity index (χ2v) is 5.82. The Labute approximate surface area is 129 Å². The van der Waals surface area contributed by atoms with Crippen molar-refractivity contribution < 1.29 is 19.1 Å². The molecule has 0 atom stereocenters. The molecule has 0 unspecified atom stereocenters. The normalized spacial score (nSPS) is 22.0. The molecule has 1 saturated carbocycles. The largest absolute Gasteiger partial charge is 0.481 e. The van der Waals surface area contributed by atoms with E-state index in [1.165, 1.54) is 0 Å². The van der Waals surface area contributed by atoms with Crippen LogP contribution in [0.5, 0.6) is 5.88 Å². The summed E-state index contributed by atoms with van der Waals surface area (Å²) in [5.74, 6) is -1.53. The van der Waals surface area contributed by atoms with Gasteiger partial charge in [-0.1, -0.05) is 6.92 Å². The zero-order chi connectivity index (χ0) is 16.4. The van der Waals surface area contributed by atoms with Crippen LogP contribution in [-0.4, -0.2) is 34.2 Å². The molecule has 22 heavy (non-hydrogen) atoms. The van der Waals surface area contributed by atoms with E-state index < -0.39 is 5.92 Å². The number of carbonyl (C=O) groups excluding carboxylic acids is 3. The molecule has 6 heteroatoms. The molecule has 1 aliphatic carbocycles. The van der Waals surface area contributed by atoms with E-state index in [-0.39, 0.29) is 42.5 Å². The van der Waals surface area contributed by atoms with E-state index in [1.54, 1.807) is 18.8 Å². The van der Waals surface area contributed by atoms with Crippen molar-refractivity contribution in [3.8, 4) is 5.88 Å². The first-order valence-electron chi connectivity index (χ1n) is 7.56. The van der Waals surface area contributed by atoms with Gasteiger partial charge in [-0.25, -0.2) is 4.68 Å². The van der Waals surface area contributed by atoms with Crippen molar-refractivity contribution in [1.29, 1.82) is 0 Å². The highest BCUT2D eigenvalue weighted by Crippen LogP contribution is 2.38. The molecule has 0 aromatic carbocycles. The number of hydrogen-bond acceptors (Lipinski definition) is 5. The summed E-state index contributed by atoms with van der Waals surface area (Å²) < 4.78 is 6.95. The van der Waals surface area contributed by atoms with E-state index in [4.69, 9.17) is 4.74 Å². The minimum absolute atomic E-state index is 0.189. The van der Waals surface area contributed by atoms with Crippen molar-refractivity contribution in [3.05, 3.63) is 11.3 Å². The Morgan fingerprint density at radius 3 is 2.41 bits per heavy atom. The van der Waals surface area contributed by atoms with Gasteiger partial charge in [0.1, 0.15) is 5.92 Å². The van der Waals surface area contributed by atoms with Crippen LogP contribution in [0.4, 0.5) is 0 Å². The molecule has 0 bridgehead atoms. The SMILES string of the molecule is CCCC(=O)C1C(=O)CC(c2c(C)nn(C)c2OC)CC1=O. The number of ketones is 3. The molecule has 0 spiro atoms. The van der Waals surface area contributed by atoms with Crippen LogP contribution in [0.1, 0.15) is 49.8 Å². The van der Waals surface area contributed by atoms with Gasteiger partial charge in [-0.2, -0.15) is 5.10 Å². The lowest BCUT2D eigenvalue weighted by molar-refractivity contribution is -0.142. The molecule has 2 rings (SSSR count). The molecule has 6 nitrogen and oxygen atoms in total. The monoisotopic (exact) mass is 306 g/mol. The molecular formula is C16H22N2O4. The number of methoxy groups -OCH3 is 1. The predicted octanol–water partition coefficient (Wildman–Crippen LogP) is 1.74. The van der Waals surface area contributed by atoms with Gasteiger partial charge in [-0.3, -0.25) is 14.4 Å². The zero-order valence-corrected chi connectivity index (χ0v) is 13.5. The number of hydrogen-bond donors (Lipinski definition) is 0. The second-order valence-electron chi connectivity index (χ2n) is 5.82. The Bertz CT molecular complexity index is 600. The molecule has 1 aromatic rings. The number of nitrogens with zero attached hydrogens (tertiary/aromatic N) is 2. The van der Waals surface area contributed by atoms with Crippen LogP contribution in [0.2, 0.25) is 0 Å². The molecule has 0 saturated heterocycles. The van der Waals surface area contributed by atoms with Gasteiger partial charge < -0.3 is 4.74 Å². The van der Waals surface area contributed by atoms with Crippen molar-refractivity contribution in [3.63, 3.8) is 0 Å². The van der Waals surface area contributed by atoms with Crippen LogP contribution in [-0.2, 0) is 21.4 Å².